The predicted molar refractivity (Wildman–Crippen MR) is 71.8 cm³/mol. The molecule has 2 fully saturated rings. The first-order valence-corrected chi connectivity index (χ1v) is 7.25. The SMILES string of the molecule is CC1(CNC(=O)NCC2CCCC2C(=O)O)CCC1. The maximum absolute atomic E-state index is 11.7. The lowest BCUT2D eigenvalue weighted by molar-refractivity contribution is -0.142. The molecule has 0 spiro atoms. The van der Waals surface area contributed by atoms with Crippen LogP contribution in [0.2, 0.25) is 0 Å². The van der Waals surface area contributed by atoms with Crippen molar-refractivity contribution in [2.24, 2.45) is 17.3 Å². The third-order valence-corrected chi connectivity index (χ3v) is 4.74. The minimum atomic E-state index is -0.730. The first-order chi connectivity index (χ1) is 9.00. The first-order valence-electron chi connectivity index (χ1n) is 7.25. The molecule has 108 valence electrons. The summed E-state index contributed by atoms with van der Waals surface area (Å²) in [6, 6.07) is -0.163. The number of aliphatic carboxylic acids is 1. The highest BCUT2D eigenvalue weighted by Crippen LogP contribution is 2.39. The van der Waals surface area contributed by atoms with Gasteiger partial charge in [-0.2, -0.15) is 0 Å². The third-order valence-electron chi connectivity index (χ3n) is 4.74. The molecular formula is C14H24N2O3. The maximum Gasteiger partial charge on any atom is 0.314 e. The number of rotatable bonds is 5. The van der Waals surface area contributed by atoms with Crippen LogP contribution in [0.4, 0.5) is 4.79 Å². The second-order valence-electron chi connectivity index (χ2n) is 6.36. The van der Waals surface area contributed by atoms with Gasteiger partial charge in [-0.15, -0.1) is 0 Å². The van der Waals surface area contributed by atoms with Crippen LogP contribution < -0.4 is 10.6 Å². The van der Waals surface area contributed by atoms with Crippen molar-refractivity contribution in [3.63, 3.8) is 0 Å². The number of carbonyl (C=O) groups excluding carboxylic acids is 1. The van der Waals surface area contributed by atoms with Crippen LogP contribution in [-0.2, 0) is 4.79 Å². The van der Waals surface area contributed by atoms with Crippen molar-refractivity contribution in [1.29, 1.82) is 0 Å². The van der Waals surface area contributed by atoms with E-state index in [0.29, 0.717) is 13.1 Å². The molecule has 2 aliphatic rings. The summed E-state index contributed by atoms with van der Waals surface area (Å²) in [5.41, 5.74) is 0.272. The largest absolute Gasteiger partial charge is 0.481 e. The van der Waals surface area contributed by atoms with Crippen molar-refractivity contribution < 1.29 is 14.7 Å². The molecule has 0 aromatic carbocycles. The van der Waals surface area contributed by atoms with Gasteiger partial charge in [0, 0.05) is 13.1 Å². The fourth-order valence-corrected chi connectivity index (χ4v) is 3.14. The molecule has 2 saturated carbocycles. The molecule has 19 heavy (non-hydrogen) atoms. The van der Waals surface area contributed by atoms with Gasteiger partial charge in [-0.1, -0.05) is 19.8 Å². The van der Waals surface area contributed by atoms with Crippen LogP contribution in [0, 0.1) is 17.3 Å². The molecule has 0 radical (unpaired) electrons. The van der Waals surface area contributed by atoms with Crippen molar-refractivity contribution in [1.82, 2.24) is 10.6 Å². The Kier molecular flexibility index (Phi) is 4.32. The van der Waals surface area contributed by atoms with Gasteiger partial charge in [-0.3, -0.25) is 4.79 Å². The smallest absolute Gasteiger partial charge is 0.314 e. The van der Waals surface area contributed by atoms with Gasteiger partial charge in [-0.05, 0) is 37.0 Å². The molecule has 0 saturated heterocycles. The van der Waals surface area contributed by atoms with E-state index in [2.05, 4.69) is 17.6 Å². The zero-order valence-corrected chi connectivity index (χ0v) is 11.6. The van der Waals surface area contributed by atoms with Gasteiger partial charge >= 0.3 is 12.0 Å². The van der Waals surface area contributed by atoms with Crippen molar-refractivity contribution in [2.75, 3.05) is 13.1 Å². The van der Waals surface area contributed by atoms with Crippen LogP contribution in [0.1, 0.15) is 45.4 Å². The second-order valence-corrected chi connectivity index (χ2v) is 6.36. The van der Waals surface area contributed by atoms with E-state index in [1.165, 1.54) is 19.3 Å². The fourth-order valence-electron chi connectivity index (χ4n) is 3.14. The number of amides is 2. The highest BCUT2D eigenvalue weighted by atomic mass is 16.4. The zero-order chi connectivity index (χ0) is 13.9. The number of carboxylic acids is 1. The lowest BCUT2D eigenvalue weighted by atomic mass is 9.70. The summed E-state index contributed by atoms with van der Waals surface area (Å²) in [7, 11) is 0. The molecular weight excluding hydrogens is 244 g/mol. The van der Waals surface area contributed by atoms with Crippen LogP contribution in [0.15, 0.2) is 0 Å². The van der Waals surface area contributed by atoms with Crippen molar-refractivity contribution in [2.45, 2.75) is 45.4 Å². The second kappa shape index (κ2) is 5.80. The highest BCUT2D eigenvalue weighted by molar-refractivity contribution is 5.74. The number of carbonyl (C=O) groups is 2. The van der Waals surface area contributed by atoms with Crippen LogP contribution in [0.5, 0.6) is 0 Å². The summed E-state index contributed by atoms with van der Waals surface area (Å²) in [6.07, 6.45) is 6.19. The summed E-state index contributed by atoms with van der Waals surface area (Å²) >= 11 is 0. The van der Waals surface area contributed by atoms with E-state index in [0.717, 1.165) is 19.3 Å². The molecule has 0 bridgehead atoms. The molecule has 0 heterocycles. The lowest BCUT2D eigenvalue weighted by Gasteiger charge is -2.38. The Morgan fingerprint density at radius 2 is 1.95 bits per heavy atom. The average Bonchev–Trinajstić information content (AvgIpc) is 2.79. The van der Waals surface area contributed by atoms with Gasteiger partial charge < -0.3 is 15.7 Å². The molecule has 0 aromatic heterocycles. The van der Waals surface area contributed by atoms with Gasteiger partial charge in [-0.25, -0.2) is 4.79 Å². The normalized spacial score (nSPS) is 28.5. The lowest BCUT2D eigenvalue weighted by Crippen LogP contribution is -2.45. The zero-order valence-electron chi connectivity index (χ0n) is 11.6. The van der Waals surface area contributed by atoms with E-state index >= 15 is 0 Å². The van der Waals surface area contributed by atoms with Crippen molar-refractivity contribution in [3.05, 3.63) is 0 Å². The van der Waals surface area contributed by atoms with E-state index in [4.69, 9.17) is 5.11 Å². The first kappa shape index (κ1) is 14.2. The van der Waals surface area contributed by atoms with Gasteiger partial charge in [0.05, 0.1) is 5.92 Å². The molecule has 5 heteroatoms. The summed E-state index contributed by atoms with van der Waals surface area (Å²) in [5.74, 6) is -0.932. The molecule has 0 aliphatic heterocycles. The Morgan fingerprint density at radius 3 is 2.53 bits per heavy atom. The number of hydrogen-bond donors (Lipinski definition) is 3. The van der Waals surface area contributed by atoms with Crippen LogP contribution in [-0.4, -0.2) is 30.2 Å². The van der Waals surface area contributed by atoms with Gasteiger partial charge in [0.15, 0.2) is 0 Å². The molecule has 2 atom stereocenters. The minimum Gasteiger partial charge on any atom is -0.481 e. The quantitative estimate of drug-likeness (QED) is 0.713. The summed E-state index contributed by atoms with van der Waals surface area (Å²) < 4.78 is 0. The van der Waals surface area contributed by atoms with Crippen LogP contribution >= 0.6 is 0 Å². The standard InChI is InChI=1S/C14H24N2O3/c1-14(6-3-7-14)9-16-13(19)15-8-10-4-2-5-11(10)12(17)18/h10-11H,2-9H2,1H3,(H,17,18)(H2,15,16,19). The molecule has 2 amide bonds. The Labute approximate surface area is 114 Å². The molecule has 5 nitrogen and oxygen atoms in total. The Bertz CT molecular complexity index is 353. The summed E-state index contributed by atoms with van der Waals surface area (Å²) in [4.78, 5) is 22.7. The Balaban J connectivity index is 1.67. The Hall–Kier alpha value is -1.26. The average molecular weight is 268 g/mol. The number of nitrogens with one attached hydrogen (secondary N) is 2. The minimum absolute atomic E-state index is 0.0857. The number of urea groups is 1. The maximum atomic E-state index is 11.7. The number of carboxylic acid groups (broad SMARTS) is 1. The molecule has 2 unspecified atom stereocenters. The predicted octanol–water partition coefficient (Wildman–Crippen LogP) is 1.98. The van der Waals surface area contributed by atoms with E-state index < -0.39 is 5.97 Å². The van der Waals surface area contributed by atoms with E-state index in [1.54, 1.807) is 0 Å². The third kappa shape index (κ3) is 3.61. The molecule has 0 aromatic rings. The van der Waals surface area contributed by atoms with E-state index in [-0.39, 0.29) is 23.3 Å². The van der Waals surface area contributed by atoms with E-state index in [1.807, 2.05) is 0 Å². The molecule has 2 aliphatic carbocycles. The highest BCUT2D eigenvalue weighted by Gasteiger charge is 2.34. The summed E-state index contributed by atoms with van der Waals surface area (Å²) in [5, 5.41) is 14.8. The Morgan fingerprint density at radius 1 is 1.21 bits per heavy atom. The summed E-state index contributed by atoms with van der Waals surface area (Å²) in [6.45, 7) is 3.37. The fraction of sp³-hybridized carbons (Fsp3) is 0.857. The van der Waals surface area contributed by atoms with Crippen molar-refractivity contribution >= 4 is 12.0 Å². The monoisotopic (exact) mass is 268 g/mol. The van der Waals surface area contributed by atoms with Crippen molar-refractivity contribution in [3.8, 4) is 0 Å². The molecule has 3 N–H and O–H groups in total. The van der Waals surface area contributed by atoms with Gasteiger partial charge in [0.25, 0.3) is 0 Å². The topological polar surface area (TPSA) is 78.4 Å². The van der Waals surface area contributed by atoms with E-state index in [9.17, 15) is 9.59 Å². The van der Waals surface area contributed by atoms with Gasteiger partial charge in [0.2, 0.25) is 0 Å². The van der Waals surface area contributed by atoms with Crippen LogP contribution in [0.3, 0.4) is 0 Å². The van der Waals surface area contributed by atoms with Gasteiger partial charge in [0.1, 0.15) is 0 Å². The van der Waals surface area contributed by atoms with Crippen LogP contribution in [0.25, 0.3) is 0 Å². The number of hydrogen-bond acceptors (Lipinski definition) is 2. The molecule has 2 rings (SSSR count).